The Kier molecular flexibility index (Phi) is 10.0. The number of nitrogens with zero attached hydrogens (tertiary/aromatic N) is 4. The van der Waals surface area contributed by atoms with Crippen molar-refractivity contribution in [3.63, 3.8) is 0 Å². The first-order valence-corrected chi connectivity index (χ1v) is 13.7. The van der Waals surface area contributed by atoms with Gasteiger partial charge in [-0.3, -0.25) is 9.69 Å². The van der Waals surface area contributed by atoms with Gasteiger partial charge in [-0.1, -0.05) is 13.0 Å². The van der Waals surface area contributed by atoms with Gasteiger partial charge in [0.25, 0.3) is 0 Å². The van der Waals surface area contributed by atoms with Crippen LogP contribution in [0.4, 0.5) is 4.39 Å². The number of amides is 1. The lowest BCUT2D eigenvalue weighted by Crippen LogP contribution is -2.51. The predicted octanol–water partition coefficient (Wildman–Crippen LogP) is 3.54. The van der Waals surface area contributed by atoms with E-state index in [4.69, 9.17) is 14.2 Å². The van der Waals surface area contributed by atoms with E-state index >= 15 is 0 Å². The Balaban J connectivity index is 1.41. The number of hydrogen-bond donors (Lipinski definition) is 1. The number of aryl methyl sites for hydroxylation is 2. The predicted molar refractivity (Wildman–Crippen MR) is 149 cm³/mol. The van der Waals surface area contributed by atoms with Crippen molar-refractivity contribution in [2.75, 3.05) is 46.5 Å². The summed E-state index contributed by atoms with van der Waals surface area (Å²) in [5.41, 5.74) is -0.315. The summed E-state index contributed by atoms with van der Waals surface area (Å²) >= 11 is 0. The van der Waals surface area contributed by atoms with Crippen LogP contribution < -0.4 is 14.2 Å². The van der Waals surface area contributed by atoms with Gasteiger partial charge in [0.15, 0.2) is 11.5 Å². The molecule has 1 amide bonds. The molecule has 4 rings (SSSR count). The number of aliphatic hydroxyl groups is 1. The Morgan fingerprint density at radius 1 is 1.10 bits per heavy atom. The van der Waals surface area contributed by atoms with Crippen LogP contribution in [0, 0.1) is 5.82 Å². The van der Waals surface area contributed by atoms with E-state index in [1.54, 1.807) is 12.0 Å². The minimum absolute atomic E-state index is 0.0352. The second-order valence-corrected chi connectivity index (χ2v) is 10.2. The van der Waals surface area contributed by atoms with Crippen molar-refractivity contribution in [2.45, 2.75) is 45.4 Å². The van der Waals surface area contributed by atoms with Gasteiger partial charge >= 0.3 is 0 Å². The zero-order valence-corrected chi connectivity index (χ0v) is 23.5. The third kappa shape index (κ3) is 7.95. The SMILES string of the molecule is CCc1nccn1CCCOc1cc(CN2CCN(C(C)=O)CC(O)(COc3ccc(F)cc3)C2)ccc1OC. The zero-order chi connectivity index (χ0) is 28.5. The van der Waals surface area contributed by atoms with Gasteiger partial charge in [-0.25, -0.2) is 9.37 Å². The summed E-state index contributed by atoms with van der Waals surface area (Å²) in [6, 6.07) is 11.5. The van der Waals surface area contributed by atoms with E-state index in [0.29, 0.717) is 50.0 Å². The Morgan fingerprint density at radius 3 is 2.62 bits per heavy atom. The van der Waals surface area contributed by atoms with Crippen molar-refractivity contribution in [1.29, 1.82) is 0 Å². The number of aromatic nitrogens is 2. The van der Waals surface area contributed by atoms with Gasteiger partial charge in [0.2, 0.25) is 5.91 Å². The number of carbonyl (C=O) groups excluding carboxylic acids is 1. The van der Waals surface area contributed by atoms with E-state index in [0.717, 1.165) is 30.8 Å². The Labute approximate surface area is 235 Å². The van der Waals surface area contributed by atoms with E-state index in [-0.39, 0.29) is 24.9 Å². The molecule has 0 bridgehead atoms. The summed E-state index contributed by atoms with van der Waals surface area (Å²) in [6.07, 6.45) is 5.52. The first-order chi connectivity index (χ1) is 19.3. The van der Waals surface area contributed by atoms with Crippen molar-refractivity contribution in [3.05, 3.63) is 72.1 Å². The van der Waals surface area contributed by atoms with Crippen LogP contribution in [0.3, 0.4) is 0 Å². The lowest BCUT2D eigenvalue weighted by Gasteiger charge is -2.32. The third-order valence-electron chi connectivity index (χ3n) is 7.01. The highest BCUT2D eigenvalue weighted by molar-refractivity contribution is 5.73. The van der Waals surface area contributed by atoms with Crippen LogP contribution in [0.1, 0.15) is 31.7 Å². The van der Waals surface area contributed by atoms with Gasteiger partial charge in [-0.15, -0.1) is 0 Å². The molecule has 2 aromatic carbocycles. The Bertz CT molecular complexity index is 1250. The van der Waals surface area contributed by atoms with Gasteiger partial charge in [0, 0.05) is 58.5 Å². The lowest BCUT2D eigenvalue weighted by atomic mass is 10.0. The van der Waals surface area contributed by atoms with Crippen LogP contribution in [0.5, 0.6) is 17.2 Å². The summed E-state index contributed by atoms with van der Waals surface area (Å²) in [4.78, 5) is 20.4. The Morgan fingerprint density at radius 2 is 1.90 bits per heavy atom. The number of ether oxygens (including phenoxy) is 3. The molecule has 216 valence electrons. The van der Waals surface area contributed by atoms with Gasteiger partial charge in [0.05, 0.1) is 20.3 Å². The Hall–Kier alpha value is -3.63. The number of benzene rings is 2. The molecule has 0 saturated carbocycles. The molecule has 2 heterocycles. The largest absolute Gasteiger partial charge is 0.493 e. The van der Waals surface area contributed by atoms with Gasteiger partial charge in [-0.05, 0) is 48.4 Å². The molecule has 40 heavy (non-hydrogen) atoms. The average molecular weight is 555 g/mol. The van der Waals surface area contributed by atoms with E-state index < -0.39 is 5.60 Å². The van der Waals surface area contributed by atoms with Gasteiger partial charge < -0.3 is 28.8 Å². The van der Waals surface area contributed by atoms with Crippen LogP contribution in [-0.2, 0) is 24.3 Å². The molecule has 0 aliphatic carbocycles. The molecule has 1 fully saturated rings. The quantitative estimate of drug-likeness (QED) is 0.343. The number of β-amino-alcohol motifs (C(OH)–C–C–N with tert-alkyl or cyclic N) is 1. The first kappa shape index (κ1) is 29.4. The van der Waals surface area contributed by atoms with Crippen molar-refractivity contribution in [2.24, 2.45) is 0 Å². The molecule has 1 unspecified atom stereocenters. The maximum atomic E-state index is 13.3. The second-order valence-electron chi connectivity index (χ2n) is 10.2. The van der Waals surface area contributed by atoms with Crippen LogP contribution in [0.15, 0.2) is 54.9 Å². The normalized spacial score (nSPS) is 17.9. The summed E-state index contributed by atoms with van der Waals surface area (Å²) in [6.45, 7) is 6.97. The molecule has 0 spiro atoms. The van der Waals surface area contributed by atoms with Crippen molar-refractivity contribution >= 4 is 5.91 Å². The van der Waals surface area contributed by atoms with Gasteiger partial charge in [0.1, 0.15) is 29.6 Å². The zero-order valence-electron chi connectivity index (χ0n) is 23.5. The van der Waals surface area contributed by atoms with E-state index in [9.17, 15) is 14.3 Å². The summed E-state index contributed by atoms with van der Waals surface area (Å²) in [5, 5.41) is 11.5. The molecule has 1 atom stereocenters. The van der Waals surface area contributed by atoms with Crippen molar-refractivity contribution in [1.82, 2.24) is 19.4 Å². The fraction of sp³-hybridized carbons (Fsp3) is 0.467. The smallest absolute Gasteiger partial charge is 0.219 e. The first-order valence-electron chi connectivity index (χ1n) is 13.7. The molecule has 1 aliphatic rings. The van der Waals surface area contributed by atoms with E-state index in [2.05, 4.69) is 21.4 Å². The van der Waals surface area contributed by atoms with E-state index in [1.807, 2.05) is 30.6 Å². The van der Waals surface area contributed by atoms with Crippen molar-refractivity contribution in [3.8, 4) is 17.2 Å². The number of hydrogen-bond acceptors (Lipinski definition) is 7. The number of carbonyl (C=O) groups is 1. The molecule has 1 N–H and O–H groups in total. The minimum Gasteiger partial charge on any atom is -0.493 e. The summed E-state index contributed by atoms with van der Waals surface area (Å²) in [5.74, 6) is 2.37. The number of rotatable bonds is 12. The average Bonchev–Trinajstić information content (AvgIpc) is 3.33. The molecular weight excluding hydrogens is 515 g/mol. The fourth-order valence-electron chi connectivity index (χ4n) is 4.95. The van der Waals surface area contributed by atoms with Crippen LogP contribution >= 0.6 is 0 Å². The number of methoxy groups -OCH3 is 1. The third-order valence-corrected chi connectivity index (χ3v) is 7.01. The molecule has 1 aliphatic heterocycles. The maximum absolute atomic E-state index is 13.3. The van der Waals surface area contributed by atoms with Crippen molar-refractivity contribution < 1.29 is 28.5 Å². The monoisotopic (exact) mass is 554 g/mol. The fourth-order valence-corrected chi connectivity index (χ4v) is 4.95. The van der Waals surface area contributed by atoms with E-state index in [1.165, 1.54) is 31.2 Å². The lowest BCUT2D eigenvalue weighted by molar-refractivity contribution is -0.132. The topological polar surface area (TPSA) is 89.3 Å². The highest BCUT2D eigenvalue weighted by Crippen LogP contribution is 2.29. The molecule has 0 radical (unpaired) electrons. The van der Waals surface area contributed by atoms with Gasteiger partial charge in [-0.2, -0.15) is 0 Å². The molecule has 10 heteroatoms. The molecule has 1 saturated heterocycles. The number of halogens is 1. The minimum atomic E-state index is -1.31. The summed E-state index contributed by atoms with van der Waals surface area (Å²) < 4.78 is 32.9. The maximum Gasteiger partial charge on any atom is 0.219 e. The standard InChI is InChI=1S/C30H39FN4O5/c1-4-29-32-12-14-34(29)13-5-17-39-28-18-24(6-11-27(28)38-3)19-33-15-16-35(23(2)36)21-30(37,20-33)22-40-26-9-7-25(31)8-10-26/h6-12,14,18,37H,4-5,13,15-17,19-22H2,1-3H3. The van der Waals surface area contributed by atoms with Crippen LogP contribution in [0.2, 0.25) is 0 Å². The number of imidazole rings is 1. The highest BCUT2D eigenvalue weighted by Gasteiger charge is 2.37. The molecule has 9 nitrogen and oxygen atoms in total. The van der Waals surface area contributed by atoms with Crippen LogP contribution in [0.25, 0.3) is 0 Å². The molecule has 3 aromatic rings. The summed E-state index contributed by atoms with van der Waals surface area (Å²) in [7, 11) is 1.62. The molecule has 1 aromatic heterocycles. The second kappa shape index (κ2) is 13.6. The molecular formula is C30H39FN4O5. The van der Waals surface area contributed by atoms with Crippen LogP contribution in [-0.4, -0.2) is 82.5 Å². The highest BCUT2D eigenvalue weighted by atomic mass is 19.1.